The lowest BCUT2D eigenvalue weighted by Gasteiger charge is -2.27. The van der Waals surface area contributed by atoms with Crippen LogP contribution >= 0.6 is 11.8 Å². The summed E-state index contributed by atoms with van der Waals surface area (Å²) in [6.45, 7) is 2.96. The Morgan fingerprint density at radius 1 is 1.40 bits per heavy atom. The SMILES string of the molecule is NC(=NCC1(CO)CC1)N1CCSCC1. The Labute approximate surface area is 94.9 Å². The lowest BCUT2D eigenvalue weighted by molar-refractivity contribution is 0.216. The quantitative estimate of drug-likeness (QED) is 0.533. The van der Waals surface area contributed by atoms with Crippen LogP contribution in [0.2, 0.25) is 0 Å². The van der Waals surface area contributed by atoms with Crippen molar-refractivity contribution < 1.29 is 5.11 Å². The maximum absolute atomic E-state index is 9.15. The molecule has 2 fully saturated rings. The van der Waals surface area contributed by atoms with Crippen molar-refractivity contribution in [2.45, 2.75) is 12.8 Å². The zero-order valence-corrected chi connectivity index (χ0v) is 9.80. The zero-order valence-electron chi connectivity index (χ0n) is 8.98. The van der Waals surface area contributed by atoms with Crippen molar-refractivity contribution in [3.8, 4) is 0 Å². The third-order valence-electron chi connectivity index (χ3n) is 3.20. The largest absolute Gasteiger partial charge is 0.396 e. The number of aliphatic imine (C=N–C) groups is 1. The lowest BCUT2D eigenvalue weighted by atomic mass is 10.1. The number of nitrogens with two attached hydrogens (primary N) is 1. The summed E-state index contributed by atoms with van der Waals surface area (Å²) >= 11 is 1.96. The molecule has 0 aromatic carbocycles. The van der Waals surface area contributed by atoms with Gasteiger partial charge in [-0.2, -0.15) is 11.8 Å². The van der Waals surface area contributed by atoms with Crippen molar-refractivity contribution in [3.05, 3.63) is 0 Å². The van der Waals surface area contributed by atoms with Gasteiger partial charge in [0.05, 0.1) is 13.2 Å². The monoisotopic (exact) mass is 229 g/mol. The van der Waals surface area contributed by atoms with Crippen LogP contribution in [0.15, 0.2) is 4.99 Å². The second kappa shape index (κ2) is 4.61. The van der Waals surface area contributed by atoms with Crippen LogP contribution in [-0.4, -0.2) is 53.7 Å². The molecule has 1 saturated heterocycles. The van der Waals surface area contributed by atoms with E-state index in [0.717, 1.165) is 37.4 Å². The van der Waals surface area contributed by atoms with Crippen molar-refractivity contribution in [3.63, 3.8) is 0 Å². The summed E-state index contributed by atoms with van der Waals surface area (Å²) in [6.07, 6.45) is 2.19. The number of nitrogens with zero attached hydrogens (tertiary/aromatic N) is 2. The van der Waals surface area contributed by atoms with Crippen LogP contribution in [0.5, 0.6) is 0 Å². The first-order chi connectivity index (χ1) is 7.26. The third-order valence-corrected chi connectivity index (χ3v) is 4.15. The Kier molecular flexibility index (Phi) is 3.41. The van der Waals surface area contributed by atoms with Gasteiger partial charge in [-0.15, -0.1) is 0 Å². The molecule has 1 aliphatic heterocycles. The Morgan fingerprint density at radius 3 is 2.60 bits per heavy atom. The first kappa shape index (κ1) is 11.1. The highest BCUT2D eigenvalue weighted by molar-refractivity contribution is 7.99. The van der Waals surface area contributed by atoms with E-state index >= 15 is 0 Å². The average molecular weight is 229 g/mol. The highest BCUT2D eigenvalue weighted by atomic mass is 32.2. The number of thioether (sulfide) groups is 1. The van der Waals surface area contributed by atoms with E-state index < -0.39 is 0 Å². The molecular weight excluding hydrogens is 210 g/mol. The van der Waals surface area contributed by atoms with Crippen LogP contribution in [-0.2, 0) is 0 Å². The summed E-state index contributed by atoms with van der Waals surface area (Å²) in [7, 11) is 0. The van der Waals surface area contributed by atoms with E-state index in [2.05, 4.69) is 9.89 Å². The fourth-order valence-corrected chi connectivity index (χ4v) is 2.59. The molecule has 0 amide bonds. The van der Waals surface area contributed by atoms with Crippen molar-refractivity contribution in [1.29, 1.82) is 0 Å². The summed E-state index contributed by atoms with van der Waals surface area (Å²) in [5.74, 6) is 2.94. The van der Waals surface area contributed by atoms with Gasteiger partial charge in [-0.1, -0.05) is 0 Å². The summed E-state index contributed by atoms with van der Waals surface area (Å²) in [6, 6.07) is 0. The maximum atomic E-state index is 9.15. The van der Waals surface area contributed by atoms with E-state index in [1.807, 2.05) is 11.8 Å². The fourth-order valence-electron chi connectivity index (χ4n) is 1.68. The standard InChI is InChI=1S/C10H19N3OS/c11-9(13-3-5-15-6-4-13)12-7-10(8-14)1-2-10/h14H,1-8H2,(H2,11,12). The molecule has 5 heteroatoms. The number of hydrogen-bond acceptors (Lipinski definition) is 3. The van der Waals surface area contributed by atoms with E-state index in [-0.39, 0.29) is 12.0 Å². The van der Waals surface area contributed by atoms with Crippen LogP contribution in [0.4, 0.5) is 0 Å². The molecule has 15 heavy (non-hydrogen) atoms. The molecule has 0 radical (unpaired) electrons. The molecule has 2 rings (SSSR count). The van der Waals surface area contributed by atoms with Gasteiger partial charge < -0.3 is 15.7 Å². The molecule has 1 heterocycles. The molecule has 1 aliphatic carbocycles. The van der Waals surface area contributed by atoms with Crippen LogP contribution in [0.1, 0.15) is 12.8 Å². The maximum Gasteiger partial charge on any atom is 0.191 e. The van der Waals surface area contributed by atoms with Crippen molar-refractivity contribution in [2.24, 2.45) is 16.1 Å². The molecule has 0 aromatic heterocycles. The molecule has 0 aromatic rings. The molecule has 86 valence electrons. The summed E-state index contributed by atoms with van der Waals surface area (Å²) in [5.41, 5.74) is 6.00. The number of aliphatic hydroxyl groups excluding tert-OH is 1. The Bertz CT molecular complexity index is 247. The molecule has 0 unspecified atom stereocenters. The van der Waals surface area contributed by atoms with E-state index in [1.165, 1.54) is 0 Å². The Hall–Kier alpha value is -0.420. The summed E-state index contributed by atoms with van der Waals surface area (Å²) < 4.78 is 0. The van der Waals surface area contributed by atoms with Gasteiger partial charge in [0.2, 0.25) is 0 Å². The molecule has 1 saturated carbocycles. The minimum absolute atomic E-state index is 0.0785. The number of rotatable bonds is 3. The van der Waals surface area contributed by atoms with Gasteiger partial charge in [-0.3, -0.25) is 4.99 Å². The predicted molar refractivity (Wildman–Crippen MR) is 64.1 cm³/mol. The second-order valence-electron chi connectivity index (χ2n) is 4.43. The topological polar surface area (TPSA) is 61.9 Å². The minimum atomic E-state index is 0.0785. The molecule has 0 spiro atoms. The summed E-state index contributed by atoms with van der Waals surface area (Å²) in [5, 5.41) is 9.15. The number of aliphatic hydroxyl groups is 1. The zero-order chi connectivity index (χ0) is 10.7. The molecule has 3 N–H and O–H groups in total. The molecule has 4 nitrogen and oxygen atoms in total. The predicted octanol–water partition coefficient (Wildman–Crippen LogP) is 0.122. The van der Waals surface area contributed by atoms with Gasteiger partial charge in [0.25, 0.3) is 0 Å². The second-order valence-corrected chi connectivity index (χ2v) is 5.66. The van der Waals surface area contributed by atoms with E-state index in [1.54, 1.807) is 0 Å². The number of guanidine groups is 1. The fraction of sp³-hybridized carbons (Fsp3) is 0.900. The third kappa shape index (κ3) is 2.78. The van der Waals surface area contributed by atoms with Gasteiger partial charge in [-0.05, 0) is 12.8 Å². The Morgan fingerprint density at radius 2 is 2.07 bits per heavy atom. The van der Waals surface area contributed by atoms with E-state index in [0.29, 0.717) is 12.5 Å². The van der Waals surface area contributed by atoms with Gasteiger partial charge >= 0.3 is 0 Å². The van der Waals surface area contributed by atoms with Crippen LogP contribution in [0.3, 0.4) is 0 Å². The van der Waals surface area contributed by atoms with Gasteiger partial charge in [0.1, 0.15) is 0 Å². The normalized spacial score (nSPS) is 25.4. The van der Waals surface area contributed by atoms with Crippen LogP contribution in [0.25, 0.3) is 0 Å². The van der Waals surface area contributed by atoms with Crippen LogP contribution in [0, 0.1) is 5.41 Å². The highest BCUT2D eigenvalue weighted by Crippen LogP contribution is 2.45. The van der Waals surface area contributed by atoms with Gasteiger partial charge in [-0.25, -0.2) is 0 Å². The molecule has 0 bridgehead atoms. The molecule has 2 aliphatic rings. The van der Waals surface area contributed by atoms with Crippen molar-refractivity contribution in [2.75, 3.05) is 37.7 Å². The average Bonchev–Trinajstić information content (AvgIpc) is 3.08. The smallest absolute Gasteiger partial charge is 0.191 e. The van der Waals surface area contributed by atoms with Crippen molar-refractivity contribution >= 4 is 17.7 Å². The minimum Gasteiger partial charge on any atom is -0.396 e. The molecular formula is C10H19N3OS. The van der Waals surface area contributed by atoms with E-state index in [9.17, 15) is 0 Å². The van der Waals surface area contributed by atoms with E-state index in [4.69, 9.17) is 10.8 Å². The first-order valence-corrected chi connectivity index (χ1v) is 6.65. The summed E-state index contributed by atoms with van der Waals surface area (Å²) in [4.78, 5) is 6.55. The highest BCUT2D eigenvalue weighted by Gasteiger charge is 2.41. The van der Waals surface area contributed by atoms with Crippen LogP contribution < -0.4 is 5.73 Å². The molecule has 0 atom stereocenters. The van der Waals surface area contributed by atoms with Gasteiger partial charge in [0.15, 0.2) is 5.96 Å². The number of hydrogen-bond donors (Lipinski definition) is 2. The lowest BCUT2D eigenvalue weighted by Crippen LogP contribution is -2.43. The Balaban J connectivity index is 1.83. The first-order valence-electron chi connectivity index (χ1n) is 5.49. The van der Waals surface area contributed by atoms with Gasteiger partial charge in [0, 0.05) is 30.0 Å². The van der Waals surface area contributed by atoms with Crippen molar-refractivity contribution in [1.82, 2.24) is 4.90 Å².